The Morgan fingerprint density at radius 2 is 1.82 bits per heavy atom. The third-order valence-electron chi connectivity index (χ3n) is 6.02. The molecule has 0 saturated carbocycles. The molecule has 44 heavy (non-hydrogen) atoms. The molecular weight excluding hydrogens is 612 g/mol. The highest BCUT2D eigenvalue weighted by Gasteiger charge is 2.21. The van der Waals surface area contributed by atoms with E-state index in [1.807, 2.05) is 6.07 Å². The van der Waals surface area contributed by atoms with Gasteiger partial charge in [0.25, 0.3) is 5.91 Å². The highest BCUT2D eigenvalue weighted by atomic mass is 35.5. The van der Waals surface area contributed by atoms with E-state index in [1.54, 1.807) is 45.0 Å². The molecule has 0 aliphatic heterocycles. The first-order valence-corrected chi connectivity index (χ1v) is 14.0. The molecule has 3 aromatic carbocycles. The van der Waals surface area contributed by atoms with Crippen molar-refractivity contribution >= 4 is 57.7 Å². The molecule has 228 valence electrons. The van der Waals surface area contributed by atoms with Crippen molar-refractivity contribution in [2.24, 2.45) is 0 Å². The van der Waals surface area contributed by atoms with Crippen molar-refractivity contribution in [2.45, 2.75) is 32.9 Å². The monoisotopic (exact) mass is 639 g/mol. The highest BCUT2D eigenvalue weighted by molar-refractivity contribution is 6.32. The third kappa shape index (κ3) is 8.18. The van der Waals surface area contributed by atoms with Crippen molar-refractivity contribution in [1.82, 2.24) is 15.2 Å². The van der Waals surface area contributed by atoms with Crippen molar-refractivity contribution in [2.75, 3.05) is 18.9 Å². The molecule has 13 heteroatoms. The van der Waals surface area contributed by atoms with Gasteiger partial charge in [0, 0.05) is 40.8 Å². The molecule has 10 nitrogen and oxygen atoms in total. The van der Waals surface area contributed by atoms with Crippen molar-refractivity contribution in [1.29, 1.82) is 5.26 Å². The van der Waals surface area contributed by atoms with E-state index in [0.717, 1.165) is 4.90 Å². The van der Waals surface area contributed by atoms with Crippen molar-refractivity contribution < 1.29 is 28.2 Å². The molecule has 4 rings (SSSR count). The lowest BCUT2D eigenvalue weighted by molar-refractivity contribution is -0.117. The molecule has 0 fully saturated rings. The zero-order valence-electron chi connectivity index (χ0n) is 24.2. The summed E-state index contributed by atoms with van der Waals surface area (Å²) in [6.45, 7) is 4.80. The molecule has 0 aliphatic carbocycles. The molecule has 4 aromatic rings. The quantitative estimate of drug-likeness (QED) is 0.190. The van der Waals surface area contributed by atoms with Crippen molar-refractivity contribution in [3.63, 3.8) is 0 Å². The van der Waals surface area contributed by atoms with Crippen LogP contribution in [0.25, 0.3) is 10.9 Å². The number of hydrogen-bond donors (Lipinski definition) is 3. The number of hydrogen-bond acceptors (Lipinski definition) is 6. The molecule has 0 unspecified atom stereocenters. The number of aromatic amines is 1. The van der Waals surface area contributed by atoms with Gasteiger partial charge >= 0.3 is 6.09 Å². The minimum absolute atomic E-state index is 0.00828. The fourth-order valence-corrected chi connectivity index (χ4v) is 4.44. The van der Waals surface area contributed by atoms with E-state index in [4.69, 9.17) is 37.9 Å². The van der Waals surface area contributed by atoms with Gasteiger partial charge in [-0.1, -0.05) is 29.3 Å². The van der Waals surface area contributed by atoms with Crippen LogP contribution in [0.4, 0.5) is 14.9 Å². The average molecular weight is 640 g/mol. The molecule has 1 aromatic heterocycles. The number of anilines is 1. The first-order chi connectivity index (χ1) is 20.7. The number of nitrogens with one attached hydrogen (secondary N) is 3. The highest BCUT2D eigenvalue weighted by Crippen LogP contribution is 2.35. The number of likely N-dealkylation sites (N-methyl/N-ethyl adjacent to an activating group) is 1. The number of amides is 3. The number of carbonyl (C=O) groups is 3. The first-order valence-electron chi connectivity index (χ1n) is 13.2. The van der Waals surface area contributed by atoms with Crippen LogP contribution in [0.3, 0.4) is 0 Å². The maximum Gasteiger partial charge on any atom is 0.410 e. The minimum Gasteiger partial charge on any atom is -0.453 e. The zero-order chi connectivity index (χ0) is 32.2. The minimum atomic E-state index is -0.786. The van der Waals surface area contributed by atoms with Crippen LogP contribution in [0, 0.1) is 17.1 Å². The van der Waals surface area contributed by atoms with Crippen LogP contribution < -0.4 is 15.4 Å². The van der Waals surface area contributed by atoms with E-state index in [9.17, 15) is 14.4 Å². The SMILES string of the molecule is CN(CC(=O)Nc1ccc2[nH]c(C(=O)NCc3ccc(Cl)c(Oc4cc(Cl)cc(C#N)c4)c3F)cc2c1)C(=O)OC(C)(C)C. The molecular formula is C31H28Cl2FN5O5. The van der Waals surface area contributed by atoms with E-state index < -0.39 is 29.3 Å². The molecule has 0 atom stereocenters. The van der Waals surface area contributed by atoms with Gasteiger partial charge in [0.15, 0.2) is 11.6 Å². The van der Waals surface area contributed by atoms with E-state index >= 15 is 4.39 Å². The Balaban J connectivity index is 1.40. The molecule has 0 spiro atoms. The fourth-order valence-electron chi connectivity index (χ4n) is 4.03. The van der Waals surface area contributed by atoms with Gasteiger partial charge in [-0.3, -0.25) is 9.59 Å². The molecule has 0 aliphatic rings. The predicted molar refractivity (Wildman–Crippen MR) is 165 cm³/mol. The van der Waals surface area contributed by atoms with Gasteiger partial charge < -0.3 is 30.0 Å². The average Bonchev–Trinajstić information content (AvgIpc) is 3.37. The van der Waals surface area contributed by atoms with Crippen LogP contribution in [-0.2, 0) is 16.1 Å². The van der Waals surface area contributed by atoms with Crippen LogP contribution in [0.2, 0.25) is 10.0 Å². The van der Waals surface area contributed by atoms with E-state index in [0.29, 0.717) is 16.6 Å². The summed E-state index contributed by atoms with van der Waals surface area (Å²) in [5.41, 5.74) is 0.951. The zero-order valence-corrected chi connectivity index (χ0v) is 25.7. The summed E-state index contributed by atoms with van der Waals surface area (Å²) in [6.07, 6.45) is -0.623. The molecule has 3 N–H and O–H groups in total. The molecule has 0 bridgehead atoms. The van der Waals surface area contributed by atoms with Gasteiger partial charge in [0.1, 0.15) is 23.6 Å². The number of H-pyrrole nitrogens is 1. The Labute approximate surface area is 262 Å². The number of halogens is 3. The van der Waals surface area contributed by atoms with E-state index in [-0.39, 0.29) is 51.5 Å². The topological polar surface area (TPSA) is 137 Å². The Hall–Kier alpha value is -4.79. The van der Waals surface area contributed by atoms with E-state index in [2.05, 4.69) is 15.6 Å². The maximum absolute atomic E-state index is 15.3. The molecule has 3 amide bonds. The second kappa shape index (κ2) is 13.2. The maximum atomic E-state index is 15.3. The largest absolute Gasteiger partial charge is 0.453 e. The number of ether oxygens (including phenoxy) is 2. The standard InChI is InChI=1S/C31H28Cl2FN5O5/c1-31(2,3)44-30(42)39(4)16-26(40)37-21-6-8-24-19(11-21)12-25(38-24)29(41)36-15-18-5-7-23(33)28(27(18)34)43-22-10-17(14-35)9-20(32)13-22/h5-13,38H,15-16H2,1-4H3,(H,36,41)(H,37,40). The van der Waals surface area contributed by atoms with Gasteiger partial charge in [0.05, 0.1) is 16.7 Å². The van der Waals surface area contributed by atoms with Crippen LogP contribution in [0.5, 0.6) is 11.5 Å². The summed E-state index contributed by atoms with van der Waals surface area (Å²) in [4.78, 5) is 41.7. The molecule has 0 radical (unpaired) electrons. The van der Waals surface area contributed by atoms with Crippen LogP contribution in [0.15, 0.2) is 54.6 Å². The van der Waals surface area contributed by atoms with Crippen molar-refractivity contribution in [3.8, 4) is 17.6 Å². The second-order valence-electron chi connectivity index (χ2n) is 10.8. The van der Waals surface area contributed by atoms with Crippen LogP contribution in [-0.4, -0.2) is 47.0 Å². The fraction of sp³-hybridized carbons (Fsp3) is 0.226. The Kier molecular flexibility index (Phi) is 9.67. The number of aromatic nitrogens is 1. The van der Waals surface area contributed by atoms with Crippen LogP contribution >= 0.6 is 23.2 Å². The second-order valence-corrected chi connectivity index (χ2v) is 11.6. The third-order valence-corrected chi connectivity index (χ3v) is 6.54. The summed E-state index contributed by atoms with van der Waals surface area (Å²) >= 11 is 12.2. The molecule has 1 heterocycles. The summed E-state index contributed by atoms with van der Waals surface area (Å²) in [5.74, 6) is -1.87. The van der Waals surface area contributed by atoms with Gasteiger partial charge in [-0.05, 0) is 69.3 Å². The smallest absolute Gasteiger partial charge is 0.410 e. The summed E-state index contributed by atoms with van der Waals surface area (Å²) in [6, 6.07) is 15.6. The first kappa shape index (κ1) is 32.1. The number of benzene rings is 3. The summed E-state index contributed by atoms with van der Waals surface area (Å²) < 4.78 is 26.2. The van der Waals surface area contributed by atoms with Gasteiger partial charge in [-0.25, -0.2) is 9.18 Å². The summed E-state index contributed by atoms with van der Waals surface area (Å²) in [7, 11) is 1.46. The van der Waals surface area contributed by atoms with Gasteiger partial charge in [0.2, 0.25) is 5.91 Å². The lowest BCUT2D eigenvalue weighted by Gasteiger charge is -2.24. The summed E-state index contributed by atoms with van der Waals surface area (Å²) in [5, 5.41) is 15.4. The van der Waals surface area contributed by atoms with Crippen LogP contribution in [0.1, 0.15) is 42.4 Å². The Morgan fingerprint density at radius 1 is 1.07 bits per heavy atom. The predicted octanol–water partition coefficient (Wildman–Crippen LogP) is 7.01. The number of fused-ring (bicyclic) bond motifs is 1. The lowest BCUT2D eigenvalue weighted by Crippen LogP contribution is -2.38. The van der Waals surface area contributed by atoms with Crippen molar-refractivity contribution in [3.05, 3.63) is 87.3 Å². The van der Waals surface area contributed by atoms with E-state index in [1.165, 1.54) is 37.4 Å². The number of carbonyl (C=O) groups excluding carboxylic acids is 3. The Morgan fingerprint density at radius 3 is 2.52 bits per heavy atom. The Bertz CT molecular complexity index is 1790. The number of nitriles is 1. The van der Waals surface area contributed by atoms with Gasteiger partial charge in [-0.15, -0.1) is 0 Å². The number of nitrogens with zero attached hydrogens (tertiary/aromatic N) is 2. The van der Waals surface area contributed by atoms with Gasteiger partial charge in [-0.2, -0.15) is 5.26 Å². The molecule has 0 saturated heterocycles. The number of rotatable bonds is 8. The normalized spacial score (nSPS) is 11.0. The lowest BCUT2D eigenvalue weighted by atomic mass is 10.2.